The lowest BCUT2D eigenvalue weighted by Crippen LogP contribution is -2.44. The Hall–Kier alpha value is -1.43. The van der Waals surface area contributed by atoms with Gasteiger partial charge in [-0.15, -0.1) is 0 Å². The van der Waals surface area contributed by atoms with Gasteiger partial charge in [0.1, 0.15) is 11.4 Å². The molecule has 0 aromatic carbocycles. The van der Waals surface area contributed by atoms with E-state index in [1.54, 1.807) is 0 Å². The second-order valence-corrected chi connectivity index (χ2v) is 3.96. The van der Waals surface area contributed by atoms with Gasteiger partial charge in [-0.1, -0.05) is 13.8 Å². The van der Waals surface area contributed by atoms with Gasteiger partial charge < -0.3 is 5.32 Å². The largest absolute Gasteiger partial charge is 0.313 e. The molecule has 0 unspecified atom stereocenters. The smallest absolute Gasteiger partial charge is 0.312 e. The van der Waals surface area contributed by atoms with Crippen molar-refractivity contribution in [3.63, 3.8) is 0 Å². The van der Waals surface area contributed by atoms with Crippen LogP contribution >= 0.6 is 0 Å². The van der Waals surface area contributed by atoms with Gasteiger partial charge in [0.2, 0.25) is 0 Å². The summed E-state index contributed by atoms with van der Waals surface area (Å²) in [5.41, 5.74) is 1.58. The minimum Gasteiger partial charge on any atom is -0.312 e. The van der Waals surface area contributed by atoms with Crippen LogP contribution in [0.4, 0.5) is 5.69 Å². The molecule has 88 valence electrons. The van der Waals surface area contributed by atoms with Crippen molar-refractivity contribution in [2.24, 2.45) is 0 Å². The van der Waals surface area contributed by atoms with Gasteiger partial charge in [-0.3, -0.25) is 14.8 Å². The number of hydrogen-bond donors (Lipinski definition) is 1. The predicted octanol–water partition coefficient (Wildman–Crippen LogP) is 1.06. The predicted molar refractivity (Wildman–Crippen MR) is 59.5 cm³/mol. The van der Waals surface area contributed by atoms with E-state index in [0.29, 0.717) is 18.5 Å². The quantitative estimate of drug-likeness (QED) is 0.613. The maximum Gasteiger partial charge on any atom is 0.313 e. The Morgan fingerprint density at radius 1 is 1.50 bits per heavy atom. The average molecular weight is 224 g/mol. The number of nitrogens with one attached hydrogen (secondary N) is 1. The molecule has 1 saturated heterocycles. The third-order valence-electron chi connectivity index (χ3n) is 3.01. The van der Waals surface area contributed by atoms with E-state index in [-0.39, 0.29) is 16.7 Å². The van der Waals surface area contributed by atoms with E-state index < -0.39 is 0 Å². The van der Waals surface area contributed by atoms with E-state index in [2.05, 4.69) is 10.4 Å². The molecule has 16 heavy (non-hydrogen) atoms. The molecule has 1 aromatic rings. The molecule has 1 aliphatic heterocycles. The van der Waals surface area contributed by atoms with Crippen molar-refractivity contribution in [3.05, 3.63) is 21.5 Å². The van der Waals surface area contributed by atoms with Crippen LogP contribution in [0.1, 0.15) is 31.3 Å². The molecular weight excluding hydrogens is 208 g/mol. The van der Waals surface area contributed by atoms with Crippen LogP contribution in [-0.4, -0.2) is 27.8 Å². The molecule has 1 N–H and O–H groups in total. The third-order valence-corrected chi connectivity index (χ3v) is 3.01. The van der Waals surface area contributed by atoms with Crippen LogP contribution in [0.25, 0.3) is 0 Å². The SMILES string of the molecule is CCc1nn(C2CNC2)c(CC)c1[N+](=O)[O-]. The van der Waals surface area contributed by atoms with E-state index in [9.17, 15) is 10.1 Å². The summed E-state index contributed by atoms with van der Waals surface area (Å²) in [4.78, 5) is 10.7. The van der Waals surface area contributed by atoms with Gasteiger partial charge in [0.05, 0.1) is 11.0 Å². The molecule has 0 bridgehead atoms. The lowest BCUT2D eigenvalue weighted by Gasteiger charge is -2.28. The van der Waals surface area contributed by atoms with Crippen molar-refractivity contribution in [1.29, 1.82) is 0 Å². The normalized spacial score (nSPS) is 16.1. The molecule has 1 aliphatic rings. The topological polar surface area (TPSA) is 73.0 Å². The lowest BCUT2D eigenvalue weighted by molar-refractivity contribution is -0.386. The maximum absolute atomic E-state index is 11.0. The Labute approximate surface area is 93.8 Å². The zero-order valence-electron chi connectivity index (χ0n) is 9.56. The second kappa shape index (κ2) is 4.21. The zero-order chi connectivity index (χ0) is 11.7. The first-order valence-electron chi connectivity index (χ1n) is 5.64. The van der Waals surface area contributed by atoms with Crippen LogP contribution in [0, 0.1) is 10.1 Å². The molecule has 1 aromatic heterocycles. The summed E-state index contributed by atoms with van der Waals surface area (Å²) in [6.45, 7) is 5.55. The summed E-state index contributed by atoms with van der Waals surface area (Å²) in [5.74, 6) is 0. The highest BCUT2D eigenvalue weighted by molar-refractivity contribution is 5.41. The van der Waals surface area contributed by atoms with Gasteiger partial charge in [-0.05, 0) is 12.8 Å². The molecular formula is C10H16N4O2. The van der Waals surface area contributed by atoms with Crippen molar-refractivity contribution in [2.45, 2.75) is 32.7 Å². The Bertz CT molecular complexity index is 409. The highest BCUT2D eigenvalue weighted by atomic mass is 16.6. The molecule has 1 fully saturated rings. The fraction of sp³-hybridized carbons (Fsp3) is 0.700. The molecule has 0 spiro atoms. The minimum atomic E-state index is -0.298. The first-order chi connectivity index (χ1) is 7.69. The van der Waals surface area contributed by atoms with Crippen LogP contribution in [0.15, 0.2) is 0 Å². The molecule has 2 rings (SSSR count). The van der Waals surface area contributed by atoms with Gasteiger partial charge in [0.25, 0.3) is 0 Å². The van der Waals surface area contributed by atoms with E-state index >= 15 is 0 Å². The van der Waals surface area contributed by atoms with Gasteiger partial charge in [-0.2, -0.15) is 5.10 Å². The Kier molecular flexibility index (Phi) is 2.91. The van der Waals surface area contributed by atoms with Crippen molar-refractivity contribution in [3.8, 4) is 0 Å². The van der Waals surface area contributed by atoms with E-state index in [1.165, 1.54) is 0 Å². The van der Waals surface area contributed by atoms with Gasteiger partial charge in [0.15, 0.2) is 0 Å². The molecule has 0 saturated carbocycles. The molecule has 6 nitrogen and oxygen atoms in total. The summed E-state index contributed by atoms with van der Waals surface area (Å²) < 4.78 is 1.84. The summed E-state index contributed by atoms with van der Waals surface area (Å²) in [6, 6.07) is 0.286. The number of aryl methyl sites for hydroxylation is 1. The molecule has 0 amide bonds. The molecule has 0 atom stereocenters. The summed E-state index contributed by atoms with van der Waals surface area (Å²) >= 11 is 0. The van der Waals surface area contributed by atoms with Crippen LogP contribution in [0.3, 0.4) is 0 Å². The monoisotopic (exact) mass is 224 g/mol. The fourth-order valence-corrected chi connectivity index (χ4v) is 2.04. The number of nitro groups is 1. The zero-order valence-corrected chi connectivity index (χ0v) is 9.56. The molecule has 0 radical (unpaired) electrons. The first kappa shape index (κ1) is 11.1. The molecule has 2 heterocycles. The Morgan fingerprint density at radius 3 is 2.56 bits per heavy atom. The number of nitrogens with zero attached hydrogens (tertiary/aromatic N) is 3. The van der Waals surface area contributed by atoms with E-state index in [4.69, 9.17) is 0 Å². The standard InChI is InChI=1S/C10H16N4O2/c1-3-8-10(14(15)16)9(4-2)13(12-8)7-5-11-6-7/h7,11H,3-6H2,1-2H3. The molecule has 6 heteroatoms. The summed E-state index contributed by atoms with van der Waals surface area (Å²) in [7, 11) is 0. The number of rotatable bonds is 4. The highest BCUT2D eigenvalue weighted by Gasteiger charge is 2.30. The number of hydrogen-bond acceptors (Lipinski definition) is 4. The maximum atomic E-state index is 11.0. The molecule has 0 aliphatic carbocycles. The Balaban J connectivity index is 2.48. The average Bonchev–Trinajstić information content (AvgIpc) is 2.53. The van der Waals surface area contributed by atoms with Crippen LogP contribution < -0.4 is 5.32 Å². The van der Waals surface area contributed by atoms with E-state index in [1.807, 2.05) is 18.5 Å². The Morgan fingerprint density at radius 2 is 2.19 bits per heavy atom. The number of aromatic nitrogens is 2. The van der Waals surface area contributed by atoms with Crippen molar-refractivity contribution >= 4 is 5.69 Å². The van der Waals surface area contributed by atoms with Crippen molar-refractivity contribution < 1.29 is 4.92 Å². The fourth-order valence-electron chi connectivity index (χ4n) is 2.04. The van der Waals surface area contributed by atoms with Gasteiger partial charge in [0, 0.05) is 13.1 Å². The first-order valence-corrected chi connectivity index (χ1v) is 5.64. The summed E-state index contributed by atoms with van der Waals surface area (Å²) in [6.07, 6.45) is 1.26. The van der Waals surface area contributed by atoms with Crippen molar-refractivity contribution in [1.82, 2.24) is 15.1 Å². The van der Waals surface area contributed by atoms with Crippen molar-refractivity contribution in [2.75, 3.05) is 13.1 Å². The second-order valence-electron chi connectivity index (χ2n) is 3.96. The highest BCUT2D eigenvalue weighted by Crippen LogP contribution is 2.28. The third kappa shape index (κ3) is 1.59. The lowest BCUT2D eigenvalue weighted by atomic mass is 10.1. The minimum absolute atomic E-state index is 0.219. The van der Waals surface area contributed by atoms with Crippen LogP contribution in [0.2, 0.25) is 0 Å². The van der Waals surface area contributed by atoms with Crippen LogP contribution in [0.5, 0.6) is 0 Å². The van der Waals surface area contributed by atoms with Crippen LogP contribution in [-0.2, 0) is 12.8 Å². The van der Waals surface area contributed by atoms with Gasteiger partial charge >= 0.3 is 5.69 Å². The summed E-state index contributed by atoms with van der Waals surface area (Å²) in [5, 5.41) is 18.6. The van der Waals surface area contributed by atoms with Gasteiger partial charge in [-0.25, -0.2) is 0 Å². The van der Waals surface area contributed by atoms with E-state index in [0.717, 1.165) is 18.8 Å².